The summed E-state index contributed by atoms with van der Waals surface area (Å²) in [5, 5.41) is 12.8. The van der Waals surface area contributed by atoms with Crippen molar-refractivity contribution >= 4 is 22.6 Å². The molecule has 170 valence electrons. The fourth-order valence-corrected chi connectivity index (χ4v) is 4.31. The van der Waals surface area contributed by atoms with E-state index in [-0.39, 0.29) is 5.91 Å². The van der Waals surface area contributed by atoms with Gasteiger partial charge in [0.25, 0.3) is 0 Å². The van der Waals surface area contributed by atoms with Gasteiger partial charge in [-0.2, -0.15) is 10.2 Å². The molecule has 34 heavy (non-hydrogen) atoms. The number of benzene rings is 1. The highest BCUT2D eigenvalue weighted by Crippen LogP contribution is 2.42. The minimum atomic E-state index is -0.242. The fraction of sp³-hybridized carbons (Fsp3) is 0.154. The minimum absolute atomic E-state index is 0.242. The zero-order valence-electron chi connectivity index (χ0n) is 19.5. The van der Waals surface area contributed by atoms with Crippen LogP contribution in [0.3, 0.4) is 0 Å². The predicted octanol–water partition coefficient (Wildman–Crippen LogP) is 4.77. The van der Waals surface area contributed by atoms with E-state index in [2.05, 4.69) is 39.2 Å². The van der Waals surface area contributed by atoms with Crippen LogP contribution in [-0.4, -0.2) is 35.4 Å². The third-order valence-electron chi connectivity index (χ3n) is 6.03. The summed E-state index contributed by atoms with van der Waals surface area (Å²) in [6, 6.07) is 8.18. The van der Waals surface area contributed by atoms with Crippen molar-refractivity contribution in [2.45, 2.75) is 13.8 Å². The van der Waals surface area contributed by atoms with Crippen LogP contribution in [0.25, 0.3) is 44.7 Å². The SMILES string of the molecule is C=CC(=O)Nc1c(C)ccc(-c2c(-c3cnn(C)c3)[nH]c3ncc(-c4ccn(C)n4)cc23)c1C. The van der Waals surface area contributed by atoms with Gasteiger partial charge in [0, 0.05) is 60.4 Å². The van der Waals surface area contributed by atoms with Crippen LogP contribution in [0.2, 0.25) is 0 Å². The van der Waals surface area contributed by atoms with Gasteiger partial charge in [0.05, 0.1) is 17.6 Å². The molecule has 4 heterocycles. The molecule has 0 aliphatic carbocycles. The first-order valence-corrected chi connectivity index (χ1v) is 10.9. The standard InChI is InChI=1S/C26H25N7O/c1-6-22(34)29-24-15(2)7-8-19(16(24)3)23-20-11-17(21-9-10-32(4)31-21)12-27-26(20)30-25(23)18-13-28-33(5)14-18/h6-14H,1H2,2-5H3,(H,27,30)(H,29,34). The van der Waals surface area contributed by atoms with Crippen LogP contribution in [0.4, 0.5) is 5.69 Å². The second-order valence-electron chi connectivity index (χ2n) is 8.40. The number of nitrogens with zero attached hydrogens (tertiary/aromatic N) is 5. The van der Waals surface area contributed by atoms with E-state index in [1.807, 2.05) is 64.9 Å². The molecule has 0 bridgehead atoms. The molecule has 2 N–H and O–H groups in total. The molecule has 5 aromatic rings. The molecule has 0 saturated carbocycles. The third kappa shape index (κ3) is 3.59. The minimum Gasteiger partial charge on any atom is -0.339 e. The molecule has 0 atom stereocenters. The third-order valence-corrected chi connectivity index (χ3v) is 6.03. The first-order chi connectivity index (χ1) is 16.4. The highest BCUT2D eigenvalue weighted by molar-refractivity contribution is 6.06. The molecule has 1 aromatic carbocycles. The van der Waals surface area contributed by atoms with E-state index >= 15 is 0 Å². The number of hydrogen-bond donors (Lipinski definition) is 2. The Balaban J connectivity index is 1.80. The molecule has 0 saturated heterocycles. The van der Waals surface area contributed by atoms with Gasteiger partial charge >= 0.3 is 0 Å². The maximum Gasteiger partial charge on any atom is 0.247 e. The van der Waals surface area contributed by atoms with Crippen LogP contribution < -0.4 is 5.32 Å². The van der Waals surface area contributed by atoms with Gasteiger partial charge in [-0.05, 0) is 48.7 Å². The molecular formula is C26H25N7O. The van der Waals surface area contributed by atoms with Crippen molar-refractivity contribution in [2.24, 2.45) is 14.1 Å². The Morgan fingerprint density at radius 3 is 2.62 bits per heavy atom. The average Bonchev–Trinajstić information content (AvgIpc) is 3.54. The molecule has 0 unspecified atom stereocenters. The maximum atomic E-state index is 12.1. The summed E-state index contributed by atoms with van der Waals surface area (Å²) in [7, 11) is 3.79. The molecular weight excluding hydrogens is 426 g/mol. The second-order valence-corrected chi connectivity index (χ2v) is 8.40. The lowest BCUT2D eigenvalue weighted by atomic mass is 9.93. The number of aromatic nitrogens is 6. The number of rotatable bonds is 5. The van der Waals surface area contributed by atoms with E-state index < -0.39 is 0 Å². The number of pyridine rings is 1. The van der Waals surface area contributed by atoms with Crippen LogP contribution in [-0.2, 0) is 18.9 Å². The average molecular weight is 452 g/mol. The summed E-state index contributed by atoms with van der Waals surface area (Å²) in [5.74, 6) is -0.242. The van der Waals surface area contributed by atoms with E-state index in [1.54, 1.807) is 9.36 Å². The fourth-order valence-electron chi connectivity index (χ4n) is 4.31. The zero-order valence-corrected chi connectivity index (χ0v) is 19.5. The van der Waals surface area contributed by atoms with Crippen molar-refractivity contribution in [3.63, 3.8) is 0 Å². The number of aryl methyl sites for hydroxylation is 3. The van der Waals surface area contributed by atoms with Gasteiger partial charge in [-0.1, -0.05) is 18.7 Å². The predicted molar refractivity (Wildman–Crippen MR) is 134 cm³/mol. The summed E-state index contributed by atoms with van der Waals surface area (Å²) in [6.07, 6.45) is 8.82. The topological polar surface area (TPSA) is 93.4 Å². The maximum absolute atomic E-state index is 12.1. The van der Waals surface area contributed by atoms with Gasteiger partial charge in [-0.15, -0.1) is 0 Å². The normalized spacial score (nSPS) is 11.2. The molecule has 0 spiro atoms. The second kappa shape index (κ2) is 8.15. The van der Waals surface area contributed by atoms with E-state index in [0.29, 0.717) is 0 Å². The number of amides is 1. The van der Waals surface area contributed by atoms with Crippen molar-refractivity contribution in [2.75, 3.05) is 5.32 Å². The quantitative estimate of drug-likeness (QED) is 0.376. The van der Waals surface area contributed by atoms with Gasteiger partial charge < -0.3 is 10.3 Å². The van der Waals surface area contributed by atoms with Gasteiger partial charge in [0.2, 0.25) is 5.91 Å². The molecule has 8 nitrogen and oxygen atoms in total. The summed E-state index contributed by atoms with van der Waals surface area (Å²) in [6.45, 7) is 7.58. The Hall–Kier alpha value is -4.46. The largest absolute Gasteiger partial charge is 0.339 e. The zero-order chi connectivity index (χ0) is 24.0. The summed E-state index contributed by atoms with van der Waals surface area (Å²) in [5.41, 5.74) is 9.13. The smallest absolute Gasteiger partial charge is 0.247 e. The summed E-state index contributed by atoms with van der Waals surface area (Å²) < 4.78 is 3.55. The number of hydrogen-bond acceptors (Lipinski definition) is 4. The van der Waals surface area contributed by atoms with Crippen LogP contribution in [0.5, 0.6) is 0 Å². The number of carbonyl (C=O) groups excluding carboxylic acids is 1. The van der Waals surface area contributed by atoms with Gasteiger partial charge in [0.15, 0.2) is 0 Å². The van der Waals surface area contributed by atoms with E-state index in [4.69, 9.17) is 4.98 Å². The highest BCUT2D eigenvalue weighted by atomic mass is 16.1. The molecule has 5 rings (SSSR count). The van der Waals surface area contributed by atoms with Crippen molar-refractivity contribution in [1.82, 2.24) is 29.5 Å². The highest BCUT2D eigenvalue weighted by Gasteiger charge is 2.21. The Labute approximate surface area is 197 Å². The Morgan fingerprint density at radius 2 is 1.94 bits per heavy atom. The number of nitrogens with one attached hydrogen (secondary N) is 2. The Kier molecular flexibility index (Phi) is 5.13. The molecule has 0 fully saturated rings. The van der Waals surface area contributed by atoms with Crippen LogP contribution in [0.15, 0.2) is 61.7 Å². The molecule has 0 aliphatic rings. The molecule has 1 amide bonds. The number of anilines is 1. The summed E-state index contributed by atoms with van der Waals surface area (Å²) in [4.78, 5) is 20.3. The van der Waals surface area contributed by atoms with E-state index in [9.17, 15) is 4.79 Å². The number of H-pyrrole nitrogens is 1. The van der Waals surface area contributed by atoms with Gasteiger partial charge in [-0.25, -0.2) is 4.98 Å². The Morgan fingerprint density at radius 1 is 1.12 bits per heavy atom. The molecule has 8 heteroatoms. The number of aromatic amines is 1. The lowest BCUT2D eigenvalue weighted by Gasteiger charge is -2.16. The monoisotopic (exact) mass is 451 g/mol. The van der Waals surface area contributed by atoms with E-state index in [0.717, 1.165) is 61.5 Å². The van der Waals surface area contributed by atoms with Crippen LogP contribution in [0, 0.1) is 13.8 Å². The molecule has 4 aromatic heterocycles. The van der Waals surface area contributed by atoms with Gasteiger partial charge in [0.1, 0.15) is 5.65 Å². The van der Waals surface area contributed by atoms with Crippen LogP contribution in [0.1, 0.15) is 11.1 Å². The van der Waals surface area contributed by atoms with Crippen molar-refractivity contribution in [1.29, 1.82) is 0 Å². The Bertz CT molecular complexity index is 1570. The van der Waals surface area contributed by atoms with Crippen molar-refractivity contribution in [3.8, 4) is 33.6 Å². The van der Waals surface area contributed by atoms with Gasteiger partial charge in [-0.3, -0.25) is 14.2 Å². The van der Waals surface area contributed by atoms with Crippen molar-refractivity contribution < 1.29 is 4.79 Å². The molecule has 0 aliphatic heterocycles. The first kappa shape index (κ1) is 21.4. The van der Waals surface area contributed by atoms with Crippen LogP contribution >= 0.6 is 0 Å². The van der Waals surface area contributed by atoms with E-state index in [1.165, 1.54) is 6.08 Å². The molecule has 0 radical (unpaired) electrons. The number of fused-ring (bicyclic) bond motifs is 1. The number of carbonyl (C=O) groups is 1. The first-order valence-electron chi connectivity index (χ1n) is 10.9. The van der Waals surface area contributed by atoms with Crippen molar-refractivity contribution in [3.05, 3.63) is 72.8 Å². The lowest BCUT2D eigenvalue weighted by Crippen LogP contribution is -2.10. The lowest BCUT2D eigenvalue weighted by molar-refractivity contribution is -0.111. The summed E-state index contributed by atoms with van der Waals surface area (Å²) >= 11 is 0.